The Labute approximate surface area is 186 Å². The largest absolute Gasteiger partial charge is 0.488 e. The van der Waals surface area contributed by atoms with Gasteiger partial charge in [0.2, 0.25) is 0 Å². The second-order valence-electron chi connectivity index (χ2n) is 7.88. The van der Waals surface area contributed by atoms with E-state index in [2.05, 4.69) is 11.4 Å². The van der Waals surface area contributed by atoms with Crippen molar-refractivity contribution >= 4 is 23.9 Å². The normalized spacial score (nSPS) is 18.4. The summed E-state index contributed by atoms with van der Waals surface area (Å²) in [5, 5.41) is 11.6. The van der Waals surface area contributed by atoms with Gasteiger partial charge in [0, 0.05) is 17.2 Å². The molecule has 2 aromatic carbocycles. The van der Waals surface area contributed by atoms with E-state index in [0.717, 1.165) is 37.7 Å². The number of hydrogen-bond donors (Lipinski definition) is 1. The summed E-state index contributed by atoms with van der Waals surface area (Å²) in [5.74, 6) is -0.818. The van der Waals surface area contributed by atoms with Crippen LogP contribution in [0.5, 0.6) is 5.75 Å². The van der Waals surface area contributed by atoms with E-state index in [4.69, 9.17) is 4.74 Å². The molecule has 32 heavy (non-hydrogen) atoms. The first kappa shape index (κ1) is 21.3. The lowest BCUT2D eigenvalue weighted by molar-refractivity contribution is -0.132. The van der Waals surface area contributed by atoms with E-state index in [9.17, 15) is 19.6 Å². The van der Waals surface area contributed by atoms with E-state index in [1.807, 2.05) is 12.1 Å². The molecule has 2 aliphatic rings. The molecule has 1 N–H and O–H groups in total. The van der Waals surface area contributed by atoms with Crippen molar-refractivity contribution in [2.24, 2.45) is 0 Å². The van der Waals surface area contributed by atoms with Crippen LogP contribution in [0.25, 0.3) is 6.08 Å². The number of ether oxygens (including phenoxy) is 1. The third kappa shape index (κ3) is 4.40. The molecule has 4 amide bonds. The summed E-state index contributed by atoms with van der Waals surface area (Å²) < 4.78 is 5.92. The Morgan fingerprint density at radius 3 is 2.53 bits per heavy atom. The number of urea groups is 1. The van der Waals surface area contributed by atoms with Crippen molar-refractivity contribution in [3.05, 3.63) is 70.8 Å². The second kappa shape index (κ2) is 9.48. The molecule has 162 valence electrons. The van der Waals surface area contributed by atoms with E-state index < -0.39 is 17.8 Å². The molecular weight excluding hydrogens is 406 g/mol. The minimum Gasteiger partial charge on any atom is -0.488 e. The molecule has 7 heteroatoms. The number of nitrogens with zero attached hydrogens (tertiary/aromatic N) is 2. The van der Waals surface area contributed by atoms with E-state index >= 15 is 0 Å². The Hall–Kier alpha value is -3.92. The first-order valence-corrected chi connectivity index (χ1v) is 10.7. The SMILES string of the molecule is N#Cc1ccccc1COc1ccccc1C=C1C(=O)NC(=O)N(C2CCCCC2)C1=O. The molecule has 7 nitrogen and oxygen atoms in total. The molecule has 0 unspecified atom stereocenters. The van der Waals surface area contributed by atoms with Crippen LogP contribution in [-0.2, 0) is 16.2 Å². The highest BCUT2D eigenvalue weighted by Crippen LogP contribution is 2.28. The van der Waals surface area contributed by atoms with Crippen LogP contribution < -0.4 is 10.1 Å². The van der Waals surface area contributed by atoms with Crippen molar-refractivity contribution in [1.82, 2.24) is 10.2 Å². The summed E-state index contributed by atoms with van der Waals surface area (Å²) in [6.45, 7) is 0.163. The number of rotatable bonds is 5. The maximum absolute atomic E-state index is 13.1. The lowest BCUT2D eigenvalue weighted by Crippen LogP contribution is -2.58. The molecule has 2 aromatic rings. The Morgan fingerprint density at radius 1 is 1.03 bits per heavy atom. The van der Waals surface area contributed by atoms with E-state index in [0.29, 0.717) is 16.9 Å². The lowest BCUT2D eigenvalue weighted by atomic mass is 9.93. The Kier molecular flexibility index (Phi) is 6.31. The molecule has 2 fully saturated rings. The van der Waals surface area contributed by atoms with Crippen LogP contribution in [0.15, 0.2) is 54.1 Å². The van der Waals surface area contributed by atoms with Gasteiger partial charge in [0.1, 0.15) is 17.9 Å². The number of nitriles is 1. The average molecular weight is 429 g/mol. The van der Waals surface area contributed by atoms with Gasteiger partial charge in [0.05, 0.1) is 11.6 Å². The van der Waals surface area contributed by atoms with Gasteiger partial charge < -0.3 is 4.74 Å². The van der Waals surface area contributed by atoms with Crippen molar-refractivity contribution in [2.75, 3.05) is 0 Å². The number of benzene rings is 2. The molecule has 0 spiro atoms. The number of barbiturate groups is 1. The summed E-state index contributed by atoms with van der Waals surface area (Å²) in [6, 6.07) is 15.5. The summed E-state index contributed by atoms with van der Waals surface area (Å²) in [5.41, 5.74) is 1.70. The van der Waals surface area contributed by atoms with Crippen molar-refractivity contribution in [3.63, 3.8) is 0 Å². The fourth-order valence-corrected chi connectivity index (χ4v) is 4.14. The number of carbonyl (C=O) groups is 3. The molecule has 1 heterocycles. The number of carbonyl (C=O) groups excluding carboxylic acids is 3. The molecular formula is C25H23N3O4. The quantitative estimate of drug-likeness (QED) is 0.573. The molecule has 0 radical (unpaired) electrons. The van der Waals surface area contributed by atoms with Crippen molar-refractivity contribution in [3.8, 4) is 11.8 Å². The van der Waals surface area contributed by atoms with E-state index in [1.54, 1.807) is 36.4 Å². The number of imide groups is 2. The zero-order valence-corrected chi connectivity index (χ0v) is 17.5. The predicted molar refractivity (Wildman–Crippen MR) is 117 cm³/mol. The highest BCUT2D eigenvalue weighted by Gasteiger charge is 2.40. The maximum Gasteiger partial charge on any atom is 0.331 e. The fourth-order valence-electron chi connectivity index (χ4n) is 4.14. The Bertz CT molecular complexity index is 1130. The van der Waals surface area contributed by atoms with Gasteiger partial charge in [-0.25, -0.2) is 4.79 Å². The Balaban J connectivity index is 1.60. The smallest absolute Gasteiger partial charge is 0.331 e. The summed E-state index contributed by atoms with van der Waals surface area (Å²) in [4.78, 5) is 39.2. The molecule has 4 rings (SSSR count). The lowest BCUT2D eigenvalue weighted by Gasteiger charge is -2.35. The number of nitrogens with one attached hydrogen (secondary N) is 1. The summed E-state index contributed by atoms with van der Waals surface area (Å²) in [7, 11) is 0. The molecule has 0 bridgehead atoms. The van der Waals surface area contributed by atoms with Crippen LogP contribution in [0.3, 0.4) is 0 Å². The van der Waals surface area contributed by atoms with Gasteiger partial charge in [-0.15, -0.1) is 0 Å². The second-order valence-corrected chi connectivity index (χ2v) is 7.88. The third-order valence-electron chi connectivity index (χ3n) is 5.81. The Morgan fingerprint density at radius 2 is 1.75 bits per heavy atom. The number of para-hydroxylation sites is 1. The van der Waals surface area contributed by atoms with Gasteiger partial charge in [-0.05, 0) is 31.1 Å². The minimum absolute atomic E-state index is 0.0938. The van der Waals surface area contributed by atoms with Gasteiger partial charge in [-0.2, -0.15) is 5.26 Å². The first-order valence-electron chi connectivity index (χ1n) is 10.7. The van der Waals surface area contributed by atoms with Gasteiger partial charge in [-0.3, -0.25) is 19.8 Å². The molecule has 1 saturated carbocycles. The van der Waals surface area contributed by atoms with Gasteiger partial charge >= 0.3 is 6.03 Å². The van der Waals surface area contributed by atoms with Crippen LogP contribution in [0.4, 0.5) is 4.79 Å². The number of amides is 4. The average Bonchev–Trinajstić information content (AvgIpc) is 2.82. The molecule has 1 aliphatic carbocycles. The van der Waals surface area contributed by atoms with Crippen LogP contribution in [0, 0.1) is 11.3 Å². The van der Waals surface area contributed by atoms with Crippen LogP contribution in [0.1, 0.15) is 48.8 Å². The predicted octanol–water partition coefficient (Wildman–Crippen LogP) is 3.93. The molecule has 0 atom stereocenters. The van der Waals surface area contributed by atoms with Crippen LogP contribution in [-0.4, -0.2) is 28.8 Å². The van der Waals surface area contributed by atoms with Crippen molar-refractivity contribution in [1.29, 1.82) is 5.26 Å². The molecule has 1 saturated heterocycles. The van der Waals surface area contributed by atoms with Crippen molar-refractivity contribution < 1.29 is 19.1 Å². The monoisotopic (exact) mass is 429 g/mol. The summed E-state index contributed by atoms with van der Waals surface area (Å²) >= 11 is 0. The van der Waals surface area contributed by atoms with Gasteiger partial charge in [0.25, 0.3) is 11.8 Å². The highest BCUT2D eigenvalue weighted by atomic mass is 16.5. The highest BCUT2D eigenvalue weighted by molar-refractivity contribution is 6.31. The first-order chi connectivity index (χ1) is 15.6. The van der Waals surface area contributed by atoms with Crippen LogP contribution in [0.2, 0.25) is 0 Å². The zero-order valence-electron chi connectivity index (χ0n) is 17.5. The zero-order chi connectivity index (χ0) is 22.5. The maximum atomic E-state index is 13.1. The van der Waals surface area contributed by atoms with Crippen molar-refractivity contribution in [2.45, 2.75) is 44.8 Å². The number of hydrogen-bond acceptors (Lipinski definition) is 5. The van der Waals surface area contributed by atoms with Crippen LogP contribution >= 0.6 is 0 Å². The summed E-state index contributed by atoms with van der Waals surface area (Å²) in [6.07, 6.45) is 5.95. The topological polar surface area (TPSA) is 99.5 Å². The standard InChI is InChI=1S/C25H23N3O4/c26-15-18-9-4-5-10-19(18)16-32-22-13-7-6-8-17(22)14-21-23(29)27-25(31)28(24(21)30)20-11-2-1-3-12-20/h4-10,13-14,20H,1-3,11-12,16H2,(H,27,29,31). The van der Waals surface area contributed by atoms with E-state index in [1.165, 1.54) is 11.0 Å². The fraction of sp³-hybridized carbons (Fsp3) is 0.280. The molecule has 0 aromatic heterocycles. The molecule has 1 aliphatic heterocycles. The van der Waals surface area contributed by atoms with E-state index in [-0.39, 0.29) is 18.2 Å². The third-order valence-corrected chi connectivity index (χ3v) is 5.81. The van der Waals surface area contributed by atoms with Gasteiger partial charge in [0.15, 0.2) is 0 Å². The minimum atomic E-state index is -0.711. The van der Waals surface area contributed by atoms with Gasteiger partial charge in [-0.1, -0.05) is 55.7 Å².